The summed E-state index contributed by atoms with van der Waals surface area (Å²) in [5.74, 6) is -0.162. The van der Waals surface area contributed by atoms with Gasteiger partial charge in [0.1, 0.15) is 5.82 Å². The molecule has 1 atom stereocenters. The van der Waals surface area contributed by atoms with Crippen molar-refractivity contribution >= 4 is 17.7 Å². The Hall–Kier alpha value is -2.11. The highest BCUT2D eigenvalue weighted by Gasteiger charge is 2.41. The topological polar surface area (TPSA) is 73.7 Å². The molecule has 2 fully saturated rings. The number of hydrogen-bond donors (Lipinski definition) is 1. The minimum atomic E-state index is -0.792. The number of pyridine rings is 1. The number of likely N-dealkylation sites (tertiary alicyclic amines) is 1. The predicted octanol–water partition coefficient (Wildman–Crippen LogP) is 2.01. The van der Waals surface area contributed by atoms with E-state index in [9.17, 15) is 14.7 Å². The maximum atomic E-state index is 12.8. The summed E-state index contributed by atoms with van der Waals surface area (Å²) in [4.78, 5) is 32.5. The molecule has 1 N–H and O–H groups in total. The number of amides is 1. The molecule has 0 radical (unpaired) electrons. The molecule has 1 aromatic heterocycles. The summed E-state index contributed by atoms with van der Waals surface area (Å²) in [7, 11) is 0. The van der Waals surface area contributed by atoms with Crippen molar-refractivity contribution in [3.63, 3.8) is 0 Å². The molecule has 2 aliphatic rings. The van der Waals surface area contributed by atoms with E-state index in [1.54, 1.807) is 25.3 Å². The van der Waals surface area contributed by atoms with Gasteiger partial charge >= 0.3 is 5.97 Å². The van der Waals surface area contributed by atoms with E-state index in [2.05, 4.69) is 4.98 Å². The Bertz CT molecular complexity index is 613. The van der Waals surface area contributed by atoms with Crippen LogP contribution in [-0.2, 0) is 4.79 Å². The molecule has 1 amide bonds. The average molecular weight is 317 g/mol. The Morgan fingerprint density at radius 3 is 2.61 bits per heavy atom. The van der Waals surface area contributed by atoms with E-state index in [0.29, 0.717) is 30.9 Å². The maximum Gasteiger partial charge on any atom is 0.311 e. The number of piperidine rings is 1. The molecule has 0 bridgehead atoms. The van der Waals surface area contributed by atoms with Crippen LogP contribution in [0.25, 0.3) is 0 Å². The molecule has 6 heteroatoms. The maximum absolute atomic E-state index is 12.8. The minimum Gasteiger partial charge on any atom is -0.481 e. The average Bonchev–Trinajstić information content (AvgIpc) is 2.99. The molecule has 23 heavy (non-hydrogen) atoms. The van der Waals surface area contributed by atoms with Gasteiger partial charge in [0.15, 0.2) is 0 Å². The molecule has 0 aliphatic carbocycles. The van der Waals surface area contributed by atoms with Crippen molar-refractivity contribution in [2.45, 2.75) is 32.6 Å². The Labute approximate surface area is 136 Å². The Morgan fingerprint density at radius 1 is 1.22 bits per heavy atom. The van der Waals surface area contributed by atoms with Gasteiger partial charge in [-0.05, 0) is 44.7 Å². The lowest BCUT2D eigenvalue weighted by molar-refractivity contribution is -0.146. The summed E-state index contributed by atoms with van der Waals surface area (Å²) in [5.41, 5.74) is -0.188. The molecular formula is C17H23N3O3. The number of anilines is 1. The first kappa shape index (κ1) is 15.8. The van der Waals surface area contributed by atoms with E-state index in [0.717, 1.165) is 25.9 Å². The fourth-order valence-electron chi connectivity index (χ4n) is 3.40. The van der Waals surface area contributed by atoms with E-state index in [-0.39, 0.29) is 5.91 Å². The van der Waals surface area contributed by atoms with Crippen molar-refractivity contribution in [3.05, 3.63) is 23.9 Å². The molecule has 1 aromatic rings. The van der Waals surface area contributed by atoms with Crippen molar-refractivity contribution in [2.75, 3.05) is 31.1 Å². The van der Waals surface area contributed by atoms with Gasteiger partial charge in [-0.3, -0.25) is 9.59 Å². The summed E-state index contributed by atoms with van der Waals surface area (Å²) < 4.78 is 0. The normalized spacial score (nSPS) is 24.7. The van der Waals surface area contributed by atoms with Crippen molar-refractivity contribution in [1.29, 1.82) is 0 Å². The second-order valence-electron chi connectivity index (χ2n) is 6.76. The summed E-state index contributed by atoms with van der Waals surface area (Å²) in [6.07, 6.45) is 5.49. The van der Waals surface area contributed by atoms with Crippen LogP contribution in [0.4, 0.5) is 5.82 Å². The van der Waals surface area contributed by atoms with Gasteiger partial charge < -0.3 is 14.9 Å². The number of hydrogen-bond acceptors (Lipinski definition) is 4. The number of aliphatic carboxylic acids is 1. The number of nitrogens with zero attached hydrogens (tertiary/aromatic N) is 3. The third-order valence-corrected chi connectivity index (χ3v) is 4.95. The number of carboxylic acid groups (broad SMARTS) is 1. The molecule has 0 saturated carbocycles. The fraction of sp³-hybridized carbons (Fsp3) is 0.588. The lowest BCUT2D eigenvalue weighted by Crippen LogP contribution is -2.37. The van der Waals surface area contributed by atoms with Gasteiger partial charge in [0.2, 0.25) is 0 Å². The lowest BCUT2D eigenvalue weighted by atomic mass is 9.90. The molecule has 6 nitrogen and oxygen atoms in total. The van der Waals surface area contributed by atoms with Crippen LogP contribution >= 0.6 is 0 Å². The molecule has 124 valence electrons. The van der Waals surface area contributed by atoms with Gasteiger partial charge in [-0.1, -0.05) is 0 Å². The highest BCUT2D eigenvalue weighted by atomic mass is 16.4. The highest BCUT2D eigenvalue weighted by Crippen LogP contribution is 2.34. The fourth-order valence-corrected chi connectivity index (χ4v) is 3.40. The second kappa shape index (κ2) is 6.18. The first-order valence-electron chi connectivity index (χ1n) is 8.24. The van der Waals surface area contributed by atoms with Crippen LogP contribution in [0.1, 0.15) is 43.0 Å². The third kappa shape index (κ3) is 3.02. The van der Waals surface area contributed by atoms with Crippen LogP contribution in [0.3, 0.4) is 0 Å². The van der Waals surface area contributed by atoms with Crippen LogP contribution in [-0.4, -0.2) is 53.0 Å². The number of aromatic nitrogens is 1. The lowest BCUT2D eigenvalue weighted by Gasteiger charge is -2.29. The molecule has 2 saturated heterocycles. The van der Waals surface area contributed by atoms with Crippen LogP contribution in [0.15, 0.2) is 18.3 Å². The first-order chi connectivity index (χ1) is 11.0. The van der Waals surface area contributed by atoms with Crippen molar-refractivity contribution in [2.24, 2.45) is 5.41 Å². The van der Waals surface area contributed by atoms with Crippen molar-refractivity contribution < 1.29 is 14.7 Å². The zero-order valence-electron chi connectivity index (χ0n) is 13.5. The van der Waals surface area contributed by atoms with Gasteiger partial charge in [-0.2, -0.15) is 0 Å². The molecule has 0 spiro atoms. The van der Waals surface area contributed by atoms with Crippen LogP contribution in [0.5, 0.6) is 0 Å². The Kier molecular flexibility index (Phi) is 4.24. The Morgan fingerprint density at radius 2 is 1.96 bits per heavy atom. The predicted molar refractivity (Wildman–Crippen MR) is 86.6 cm³/mol. The van der Waals surface area contributed by atoms with Crippen molar-refractivity contribution in [3.8, 4) is 0 Å². The van der Waals surface area contributed by atoms with Crippen molar-refractivity contribution in [1.82, 2.24) is 9.88 Å². The third-order valence-electron chi connectivity index (χ3n) is 4.95. The van der Waals surface area contributed by atoms with Gasteiger partial charge in [0, 0.05) is 32.4 Å². The SMILES string of the molecule is CC1(C(=O)O)CCN(c2ncccc2C(=O)N2CCCCC2)C1. The minimum absolute atomic E-state index is 0.0109. The van der Waals surface area contributed by atoms with Gasteiger partial charge in [-0.25, -0.2) is 4.98 Å². The van der Waals surface area contributed by atoms with Crippen LogP contribution in [0, 0.1) is 5.41 Å². The van der Waals surface area contributed by atoms with E-state index in [4.69, 9.17) is 0 Å². The molecule has 3 heterocycles. The quantitative estimate of drug-likeness (QED) is 0.923. The van der Waals surface area contributed by atoms with E-state index >= 15 is 0 Å². The standard InChI is InChI=1S/C17H23N3O3/c1-17(16(22)23)7-11-20(12-17)14-13(6-5-8-18-14)15(21)19-9-3-2-4-10-19/h5-6,8H,2-4,7,9-12H2,1H3,(H,22,23). The molecule has 0 aromatic carbocycles. The van der Waals surface area contributed by atoms with E-state index < -0.39 is 11.4 Å². The summed E-state index contributed by atoms with van der Waals surface area (Å²) in [5, 5.41) is 9.40. The van der Waals surface area contributed by atoms with Gasteiger partial charge in [0.05, 0.1) is 11.0 Å². The number of carboxylic acids is 1. The zero-order chi connectivity index (χ0) is 16.4. The summed E-state index contributed by atoms with van der Waals surface area (Å²) in [6, 6.07) is 3.57. The van der Waals surface area contributed by atoms with Crippen LogP contribution < -0.4 is 4.90 Å². The van der Waals surface area contributed by atoms with E-state index in [1.165, 1.54) is 6.42 Å². The number of rotatable bonds is 3. The van der Waals surface area contributed by atoms with E-state index in [1.807, 2.05) is 9.80 Å². The number of carbonyl (C=O) groups excluding carboxylic acids is 1. The number of carbonyl (C=O) groups is 2. The monoisotopic (exact) mass is 317 g/mol. The zero-order valence-corrected chi connectivity index (χ0v) is 13.5. The molecule has 2 aliphatic heterocycles. The Balaban J connectivity index is 1.84. The van der Waals surface area contributed by atoms with Gasteiger partial charge in [-0.15, -0.1) is 0 Å². The molecule has 1 unspecified atom stereocenters. The second-order valence-corrected chi connectivity index (χ2v) is 6.76. The van der Waals surface area contributed by atoms with Crippen LogP contribution in [0.2, 0.25) is 0 Å². The first-order valence-corrected chi connectivity index (χ1v) is 8.24. The highest BCUT2D eigenvalue weighted by molar-refractivity contribution is 5.99. The largest absolute Gasteiger partial charge is 0.481 e. The summed E-state index contributed by atoms with van der Waals surface area (Å²) >= 11 is 0. The van der Waals surface area contributed by atoms with Gasteiger partial charge in [0.25, 0.3) is 5.91 Å². The summed E-state index contributed by atoms with van der Waals surface area (Å²) in [6.45, 7) is 4.34. The molecule has 3 rings (SSSR count). The molecular weight excluding hydrogens is 294 g/mol. The smallest absolute Gasteiger partial charge is 0.311 e.